The van der Waals surface area contributed by atoms with E-state index in [1.807, 2.05) is 0 Å². The molecule has 0 unspecified atom stereocenters. The van der Waals surface area contributed by atoms with Crippen molar-refractivity contribution in [3.8, 4) is 0 Å². The van der Waals surface area contributed by atoms with Crippen molar-refractivity contribution in [1.29, 1.82) is 0 Å². The Kier molecular flexibility index (Phi) is 3.55. The number of piperazine rings is 1. The van der Waals surface area contributed by atoms with Crippen molar-refractivity contribution in [2.24, 2.45) is 0 Å². The van der Waals surface area contributed by atoms with E-state index in [0.29, 0.717) is 25.3 Å². The number of aromatic nitrogens is 1. The normalized spacial score (nSPS) is 21.3. The fourth-order valence-electron chi connectivity index (χ4n) is 1.95. The lowest BCUT2D eigenvalue weighted by atomic mass is 10.1. The smallest absolute Gasteiger partial charge is 0.322 e. The third-order valence-electron chi connectivity index (χ3n) is 2.88. The summed E-state index contributed by atoms with van der Waals surface area (Å²) in [5.41, 5.74) is 0.521. The summed E-state index contributed by atoms with van der Waals surface area (Å²) in [6.07, 6.45) is 1.68. The maximum atomic E-state index is 11.9. The largest absolute Gasteiger partial charge is 0.480 e. The van der Waals surface area contributed by atoms with Gasteiger partial charge in [-0.2, -0.15) is 0 Å². The van der Waals surface area contributed by atoms with Crippen LogP contribution in [0.15, 0.2) is 18.3 Å². The number of hydrogen-bond donors (Lipinski definition) is 3. The molecule has 0 aliphatic carbocycles. The van der Waals surface area contributed by atoms with Crippen LogP contribution in [0.2, 0.25) is 0 Å². The predicted molar refractivity (Wildman–Crippen MR) is 61.0 cm³/mol. The molecule has 1 fully saturated rings. The molecule has 1 saturated heterocycles. The topological polar surface area (TPSA) is 85.4 Å². The molecule has 1 aromatic rings. The standard InChI is InChI=1S/C11H15N3O3/c15-10(8-2-1-3-13-8)7-14-5-4-12-6-9(14)11(16)17/h1-3,9,12-13H,4-7H2,(H,16,17)/t9-/m1/s1. The number of nitrogens with one attached hydrogen (secondary N) is 2. The van der Waals surface area contributed by atoms with Crippen LogP contribution in [0.4, 0.5) is 0 Å². The van der Waals surface area contributed by atoms with Gasteiger partial charge in [0.2, 0.25) is 0 Å². The van der Waals surface area contributed by atoms with Gasteiger partial charge in [-0.3, -0.25) is 14.5 Å². The summed E-state index contributed by atoms with van der Waals surface area (Å²) in [6.45, 7) is 1.80. The van der Waals surface area contributed by atoms with E-state index in [1.165, 1.54) is 0 Å². The van der Waals surface area contributed by atoms with Gasteiger partial charge in [-0.15, -0.1) is 0 Å². The van der Waals surface area contributed by atoms with E-state index < -0.39 is 12.0 Å². The van der Waals surface area contributed by atoms with Gasteiger partial charge in [-0.25, -0.2) is 0 Å². The lowest BCUT2D eigenvalue weighted by Gasteiger charge is -2.32. The van der Waals surface area contributed by atoms with Gasteiger partial charge in [0, 0.05) is 25.8 Å². The van der Waals surface area contributed by atoms with E-state index >= 15 is 0 Å². The summed E-state index contributed by atoms with van der Waals surface area (Å²) in [5.74, 6) is -0.973. The van der Waals surface area contributed by atoms with Crippen molar-refractivity contribution >= 4 is 11.8 Å². The number of aliphatic carboxylic acids is 1. The van der Waals surface area contributed by atoms with E-state index in [0.717, 1.165) is 0 Å². The van der Waals surface area contributed by atoms with E-state index in [-0.39, 0.29) is 12.3 Å². The zero-order valence-corrected chi connectivity index (χ0v) is 9.35. The first-order chi connectivity index (χ1) is 8.18. The van der Waals surface area contributed by atoms with Crippen molar-refractivity contribution in [1.82, 2.24) is 15.2 Å². The summed E-state index contributed by atoms with van der Waals surface area (Å²) in [7, 11) is 0. The van der Waals surface area contributed by atoms with E-state index in [1.54, 1.807) is 23.2 Å². The fourth-order valence-corrected chi connectivity index (χ4v) is 1.95. The number of carboxylic acids is 1. The number of hydrogen-bond acceptors (Lipinski definition) is 4. The number of carbonyl (C=O) groups excluding carboxylic acids is 1. The van der Waals surface area contributed by atoms with Crippen LogP contribution in [0.1, 0.15) is 10.5 Å². The number of H-pyrrole nitrogens is 1. The molecule has 17 heavy (non-hydrogen) atoms. The molecule has 0 radical (unpaired) electrons. The highest BCUT2D eigenvalue weighted by Gasteiger charge is 2.29. The average molecular weight is 237 g/mol. The first kappa shape index (κ1) is 11.8. The second kappa shape index (κ2) is 5.11. The van der Waals surface area contributed by atoms with Crippen LogP contribution >= 0.6 is 0 Å². The second-order valence-electron chi connectivity index (χ2n) is 4.04. The van der Waals surface area contributed by atoms with Gasteiger partial charge in [-0.05, 0) is 12.1 Å². The molecule has 2 heterocycles. The van der Waals surface area contributed by atoms with Gasteiger partial charge < -0.3 is 15.4 Å². The van der Waals surface area contributed by atoms with Crippen molar-refractivity contribution in [2.45, 2.75) is 6.04 Å². The Morgan fingerprint density at radius 3 is 3.00 bits per heavy atom. The summed E-state index contributed by atoms with van der Waals surface area (Å²) in [4.78, 5) is 27.4. The zero-order valence-electron chi connectivity index (χ0n) is 9.35. The van der Waals surface area contributed by atoms with Crippen molar-refractivity contribution in [3.63, 3.8) is 0 Å². The Morgan fingerprint density at radius 1 is 1.53 bits per heavy atom. The minimum Gasteiger partial charge on any atom is -0.480 e. The molecule has 2 rings (SSSR count). The second-order valence-corrected chi connectivity index (χ2v) is 4.04. The lowest BCUT2D eigenvalue weighted by molar-refractivity contribution is -0.143. The number of ketones is 1. The number of rotatable bonds is 4. The molecule has 0 amide bonds. The van der Waals surface area contributed by atoms with Crippen molar-refractivity contribution in [3.05, 3.63) is 24.0 Å². The number of nitrogens with zero attached hydrogens (tertiary/aromatic N) is 1. The van der Waals surface area contributed by atoms with Gasteiger partial charge in [-0.1, -0.05) is 0 Å². The van der Waals surface area contributed by atoms with Gasteiger partial charge in [0.05, 0.1) is 12.2 Å². The lowest BCUT2D eigenvalue weighted by Crippen LogP contribution is -2.56. The van der Waals surface area contributed by atoms with E-state index in [2.05, 4.69) is 10.3 Å². The molecule has 0 aromatic carbocycles. The molecule has 1 aliphatic heterocycles. The molecule has 6 heteroatoms. The molecular formula is C11H15N3O3. The third kappa shape index (κ3) is 2.72. The Balaban J connectivity index is 2.01. The minimum atomic E-state index is -0.892. The monoisotopic (exact) mass is 237 g/mol. The zero-order chi connectivity index (χ0) is 12.3. The fraction of sp³-hybridized carbons (Fsp3) is 0.455. The number of carbonyl (C=O) groups is 2. The summed E-state index contributed by atoms with van der Waals surface area (Å²) in [6, 6.07) is 2.82. The first-order valence-corrected chi connectivity index (χ1v) is 5.52. The first-order valence-electron chi connectivity index (χ1n) is 5.52. The highest BCUT2D eigenvalue weighted by Crippen LogP contribution is 2.06. The molecule has 92 valence electrons. The van der Waals surface area contributed by atoms with Crippen LogP contribution in [-0.2, 0) is 4.79 Å². The maximum absolute atomic E-state index is 11.9. The molecule has 1 aromatic heterocycles. The number of aromatic amines is 1. The summed E-state index contributed by atoms with van der Waals surface area (Å²) < 4.78 is 0. The Hall–Kier alpha value is -1.66. The summed E-state index contributed by atoms with van der Waals surface area (Å²) >= 11 is 0. The Labute approximate surface area is 98.6 Å². The van der Waals surface area contributed by atoms with Crippen LogP contribution in [0.3, 0.4) is 0 Å². The average Bonchev–Trinajstić information content (AvgIpc) is 2.83. The van der Waals surface area contributed by atoms with Crippen molar-refractivity contribution in [2.75, 3.05) is 26.2 Å². The van der Waals surface area contributed by atoms with E-state index in [9.17, 15) is 9.59 Å². The van der Waals surface area contributed by atoms with Gasteiger partial charge in [0.15, 0.2) is 5.78 Å². The number of Topliss-reactive ketones (excluding diaryl/α,β-unsaturated/α-hetero) is 1. The van der Waals surface area contributed by atoms with E-state index in [4.69, 9.17) is 5.11 Å². The predicted octanol–water partition coefficient (Wildman–Crippen LogP) is -0.444. The van der Waals surface area contributed by atoms with Crippen LogP contribution in [0.25, 0.3) is 0 Å². The summed E-state index contributed by atoms with van der Waals surface area (Å²) in [5, 5.41) is 12.1. The molecule has 3 N–H and O–H groups in total. The molecule has 0 saturated carbocycles. The molecule has 6 nitrogen and oxygen atoms in total. The van der Waals surface area contributed by atoms with Gasteiger partial charge in [0.25, 0.3) is 0 Å². The van der Waals surface area contributed by atoms with Gasteiger partial charge in [0.1, 0.15) is 6.04 Å². The SMILES string of the molecule is O=C(CN1CCNC[C@@H]1C(=O)O)c1ccc[nH]1. The Morgan fingerprint density at radius 2 is 2.35 bits per heavy atom. The molecule has 0 bridgehead atoms. The highest BCUT2D eigenvalue weighted by atomic mass is 16.4. The molecular weight excluding hydrogens is 222 g/mol. The quantitative estimate of drug-likeness (QED) is 0.618. The molecule has 1 atom stereocenters. The Bertz CT molecular complexity index is 402. The minimum absolute atomic E-state index is 0.0804. The number of carboxylic acid groups (broad SMARTS) is 1. The van der Waals surface area contributed by atoms with Crippen LogP contribution in [0.5, 0.6) is 0 Å². The van der Waals surface area contributed by atoms with Gasteiger partial charge >= 0.3 is 5.97 Å². The maximum Gasteiger partial charge on any atom is 0.322 e. The third-order valence-corrected chi connectivity index (χ3v) is 2.88. The van der Waals surface area contributed by atoms with Crippen LogP contribution < -0.4 is 5.32 Å². The molecule has 1 aliphatic rings. The van der Waals surface area contributed by atoms with Crippen molar-refractivity contribution < 1.29 is 14.7 Å². The van der Waals surface area contributed by atoms with Crippen LogP contribution in [0, 0.1) is 0 Å². The van der Waals surface area contributed by atoms with Crippen LogP contribution in [-0.4, -0.2) is 59.0 Å². The molecule has 0 spiro atoms. The highest BCUT2D eigenvalue weighted by molar-refractivity contribution is 5.96.